The summed E-state index contributed by atoms with van der Waals surface area (Å²) in [5.41, 5.74) is 0. The monoisotopic (exact) mass is 211 g/mol. The number of rotatable bonds is 3. The van der Waals surface area contributed by atoms with E-state index in [9.17, 15) is 0 Å². The molecule has 88 valence electrons. The molecule has 2 heterocycles. The highest BCUT2D eigenvalue weighted by molar-refractivity contribution is 4.76. The van der Waals surface area contributed by atoms with E-state index in [1.165, 1.54) is 58.5 Å². The average Bonchev–Trinajstić information content (AvgIpc) is 2.28. The molecule has 2 rings (SSSR count). The molecule has 2 fully saturated rings. The van der Waals surface area contributed by atoms with Crippen molar-refractivity contribution in [1.29, 1.82) is 0 Å². The van der Waals surface area contributed by atoms with Crippen molar-refractivity contribution in [2.24, 2.45) is 5.92 Å². The lowest BCUT2D eigenvalue weighted by Crippen LogP contribution is -2.49. The van der Waals surface area contributed by atoms with Gasteiger partial charge in [-0.25, -0.2) is 0 Å². The molecule has 0 saturated carbocycles. The van der Waals surface area contributed by atoms with Crippen molar-refractivity contribution in [3.63, 3.8) is 0 Å². The Bertz CT molecular complexity index is 178. The molecular formula is C12H25N3. The molecule has 0 aromatic rings. The summed E-state index contributed by atoms with van der Waals surface area (Å²) >= 11 is 0. The van der Waals surface area contributed by atoms with Gasteiger partial charge in [-0.15, -0.1) is 0 Å². The summed E-state index contributed by atoms with van der Waals surface area (Å²) in [6.45, 7) is 9.74. The van der Waals surface area contributed by atoms with Crippen LogP contribution in [0.2, 0.25) is 0 Å². The topological polar surface area (TPSA) is 27.3 Å². The molecule has 0 amide bonds. The van der Waals surface area contributed by atoms with Crippen LogP contribution in [0.3, 0.4) is 0 Å². The van der Waals surface area contributed by atoms with Gasteiger partial charge in [-0.3, -0.25) is 0 Å². The van der Waals surface area contributed by atoms with Gasteiger partial charge in [0.15, 0.2) is 0 Å². The van der Waals surface area contributed by atoms with E-state index < -0.39 is 0 Å². The van der Waals surface area contributed by atoms with E-state index in [1.807, 2.05) is 0 Å². The van der Waals surface area contributed by atoms with Crippen LogP contribution in [0, 0.1) is 5.92 Å². The van der Waals surface area contributed by atoms with Gasteiger partial charge < -0.3 is 15.5 Å². The Morgan fingerprint density at radius 3 is 2.73 bits per heavy atom. The minimum absolute atomic E-state index is 0.687. The van der Waals surface area contributed by atoms with Crippen LogP contribution < -0.4 is 10.6 Å². The van der Waals surface area contributed by atoms with Crippen LogP contribution >= 0.6 is 0 Å². The van der Waals surface area contributed by atoms with Crippen molar-refractivity contribution in [1.82, 2.24) is 15.5 Å². The minimum Gasteiger partial charge on any atom is -0.317 e. The Kier molecular flexibility index (Phi) is 4.42. The third kappa shape index (κ3) is 3.74. The van der Waals surface area contributed by atoms with E-state index in [1.54, 1.807) is 0 Å². The second-order valence-electron chi connectivity index (χ2n) is 5.14. The Morgan fingerprint density at radius 1 is 1.20 bits per heavy atom. The number of nitrogens with one attached hydrogen (secondary N) is 2. The molecule has 3 nitrogen and oxygen atoms in total. The minimum atomic E-state index is 0.687. The fourth-order valence-corrected chi connectivity index (χ4v) is 2.75. The number of nitrogens with zero attached hydrogens (tertiary/aromatic N) is 1. The first-order chi connectivity index (χ1) is 7.34. The zero-order valence-corrected chi connectivity index (χ0v) is 9.97. The molecule has 2 aliphatic rings. The van der Waals surface area contributed by atoms with Crippen LogP contribution in [0.25, 0.3) is 0 Å². The molecule has 0 aromatic heterocycles. The SMILES string of the molecule is CC1CN(CCC2CCNCC2)CCN1. The zero-order chi connectivity index (χ0) is 10.5. The molecule has 0 aliphatic carbocycles. The average molecular weight is 211 g/mol. The summed E-state index contributed by atoms with van der Waals surface area (Å²) in [4.78, 5) is 2.63. The van der Waals surface area contributed by atoms with Gasteiger partial charge in [0.2, 0.25) is 0 Å². The summed E-state index contributed by atoms with van der Waals surface area (Å²) in [6, 6.07) is 0.687. The standard InChI is InChI=1S/C12H25N3/c1-11-10-15(9-7-14-11)8-4-12-2-5-13-6-3-12/h11-14H,2-10H2,1H3. The van der Waals surface area contributed by atoms with Crippen LogP contribution in [0.4, 0.5) is 0 Å². The van der Waals surface area contributed by atoms with E-state index >= 15 is 0 Å². The lowest BCUT2D eigenvalue weighted by Gasteiger charge is -2.33. The summed E-state index contributed by atoms with van der Waals surface area (Å²) < 4.78 is 0. The normalized spacial score (nSPS) is 30.6. The molecule has 15 heavy (non-hydrogen) atoms. The third-order valence-electron chi connectivity index (χ3n) is 3.77. The highest BCUT2D eigenvalue weighted by Crippen LogP contribution is 2.16. The van der Waals surface area contributed by atoms with Gasteiger partial charge in [0.05, 0.1) is 0 Å². The van der Waals surface area contributed by atoms with Crippen molar-refractivity contribution in [2.75, 3.05) is 39.3 Å². The first kappa shape index (κ1) is 11.4. The maximum absolute atomic E-state index is 3.50. The Labute approximate surface area is 93.6 Å². The van der Waals surface area contributed by atoms with Crippen molar-refractivity contribution < 1.29 is 0 Å². The van der Waals surface area contributed by atoms with Crippen LogP contribution in [0.1, 0.15) is 26.2 Å². The lowest BCUT2D eigenvalue weighted by atomic mass is 9.94. The molecule has 0 radical (unpaired) electrons. The molecule has 0 aromatic carbocycles. The molecular weight excluding hydrogens is 186 g/mol. The van der Waals surface area contributed by atoms with Crippen molar-refractivity contribution in [3.8, 4) is 0 Å². The number of hydrogen-bond donors (Lipinski definition) is 2. The smallest absolute Gasteiger partial charge is 0.0167 e. The highest BCUT2D eigenvalue weighted by Gasteiger charge is 2.18. The van der Waals surface area contributed by atoms with Gasteiger partial charge in [-0.05, 0) is 51.7 Å². The summed E-state index contributed by atoms with van der Waals surface area (Å²) in [7, 11) is 0. The Hall–Kier alpha value is -0.120. The van der Waals surface area contributed by atoms with Gasteiger partial charge in [-0.1, -0.05) is 0 Å². The molecule has 2 saturated heterocycles. The first-order valence-corrected chi connectivity index (χ1v) is 6.51. The van der Waals surface area contributed by atoms with Gasteiger partial charge >= 0.3 is 0 Å². The third-order valence-corrected chi connectivity index (χ3v) is 3.77. The van der Waals surface area contributed by atoms with Crippen LogP contribution in [0.5, 0.6) is 0 Å². The highest BCUT2D eigenvalue weighted by atomic mass is 15.2. The number of piperazine rings is 1. The summed E-state index contributed by atoms with van der Waals surface area (Å²) in [6.07, 6.45) is 4.19. The summed E-state index contributed by atoms with van der Waals surface area (Å²) in [5, 5.41) is 6.93. The number of piperidine rings is 1. The zero-order valence-electron chi connectivity index (χ0n) is 9.97. The van der Waals surface area contributed by atoms with Crippen molar-refractivity contribution >= 4 is 0 Å². The molecule has 0 spiro atoms. The summed E-state index contributed by atoms with van der Waals surface area (Å²) in [5.74, 6) is 0.983. The number of hydrogen-bond acceptors (Lipinski definition) is 3. The fraction of sp³-hybridized carbons (Fsp3) is 1.00. The Balaban J connectivity index is 1.63. The molecule has 1 atom stereocenters. The van der Waals surface area contributed by atoms with E-state index in [-0.39, 0.29) is 0 Å². The quantitative estimate of drug-likeness (QED) is 0.718. The van der Waals surface area contributed by atoms with Crippen molar-refractivity contribution in [3.05, 3.63) is 0 Å². The first-order valence-electron chi connectivity index (χ1n) is 6.51. The van der Waals surface area contributed by atoms with Gasteiger partial charge in [0, 0.05) is 25.7 Å². The predicted molar refractivity (Wildman–Crippen MR) is 64.1 cm³/mol. The maximum Gasteiger partial charge on any atom is 0.0167 e. The van der Waals surface area contributed by atoms with Crippen LogP contribution in [-0.4, -0.2) is 50.2 Å². The molecule has 3 heteroatoms. The molecule has 0 bridgehead atoms. The van der Waals surface area contributed by atoms with Gasteiger partial charge in [0.1, 0.15) is 0 Å². The van der Waals surface area contributed by atoms with Crippen molar-refractivity contribution in [2.45, 2.75) is 32.2 Å². The molecule has 2 N–H and O–H groups in total. The second-order valence-corrected chi connectivity index (χ2v) is 5.14. The molecule has 1 unspecified atom stereocenters. The van der Waals surface area contributed by atoms with Crippen LogP contribution in [0.15, 0.2) is 0 Å². The fourth-order valence-electron chi connectivity index (χ4n) is 2.75. The van der Waals surface area contributed by atoms with Gasteiger partial charge in [0.25, 0.3) is 0 Å². The van der Waals surface area contributed by atoms with E-state index in [4.69, 9.17) is 0 Å². The Morgan fingerprint density at radius 2 is 2.00 bits per heavy atom. The van der Waals surface area contributed by atoms with Crippen LogP contribution in [-0.2, 0) is 0 Å². The predicted octanol–water partition coefficient (Wildman–Crippen LogP) is 0.670. The van der Waals surface area contributed by atoms with E-state index in [0.29, 0.717) is 6.04 Å². The van der Waals surface area contributed by atoms with Gasteiger partial charge in [-0.2, -0.15) is 0 Å². The second kappa shape index (κ2) is 5.83. The lowest BCUT2D eigenvalue weighted by molar-refractivity contribution is 0.187. The largest absolute Gasteiger partial charge is 0.317 e. The molecule has 2 aliphatic heterocycles. The maximum atomic E-state index is 3.50. The van der Waals surface area contributed by atoms with E-state index in [0.717, 1.165) is 5.92 Å². The van der Waals surface area contributed by atoms with E-state index in [2.05, 4.69) is 22.5 Å².